The summed E-state index contributed by atoms with van der Waals surface area (Å²) in [5, 5.41) is 14.4. The molecule has 1 aliphatic rings. The van der Waals surface area contributed by atoms with Gasteiger partial charge in [-0.05, 0) is 18.2 Å². The summed E-state index contributed by atoms with van der Waals surface area (Å²) < 4.78 is 13.3. The van der Waals surface area contributed by atoms with Crippen LogP contribution in [0.15, 0.2) is 48.8 Å². The van der Waals surface area contributed by atoms with Crippen LogP contribution in [0.3, 0.4) is 0 Å². The number of ether oxygens (including phenoxy) is 2. The molecular formula is C17H23N3O3. The molecule has 0 bridgehead atoms. The second kappa shape index (κ2) is 8.10. The number of aromatic nitrogens is 2. The Kier molecular flexibility index (Phi) is 5.63. The normalized spacial score (nSPS) is 20.3. The van der Waals surface area contributed by atoms with Gasteiger partial charge in [0.15, 0.2) is 0 Å². The van der Waals surface area contributed by atoms with Crippen molar-refractivity contribution in [2.45, 2.75) is 18.8 Å². The molecule has 2 heterocycles. The van der Waals surface area contributed by atoms with Gasteiger partial charge in [0, 0.05) is 32.0 Å². The molecule has 0 aliphatic carbocycles. The lowest BCUT2D eigenvalue weighted by atomic mass is 10.2. The second-order valence-corrected chi connectivity index (χ2v) is 5.76. The van der Waals surface area contributed by atoms with Gasteiger partial charge >= 0.3 is 0 Å². The van der Waals surface area contributed by atoms with Gasteiger partial charge in [-0.15, -0.1) is 0 Å². The van der Waals surface area contributed by atoms with Crippen LogP contribution in [-0.2, 0) is 11.3 Å². The van der Waals surface area contributed by atoms with Crippen molar-refractivity contribution in [1.29, 1.82) is 0 Å². The number of hydrogen-bond acceptors (Lipinski definition) is 5. The van der Waals surface area contributed by atoms with E-state index < -0.39 is 6.10 Å². The van der Waals surface area contributed by atoms with Gasteiger partial charge < -0.3 is 14.6 Å². The minimum Gasteiger partial charge on any atom is -0.491 e. The first kappa shape index (κ1) is 16.0. The molecule has 6 nitrogen and oxygen atoms in total. The highest BCUT2D eigenvalue weighted by molar-refractivity contribution is 5.20. The third-order valence-corrected chi connectivity index (χ3v) is 3.83. The maximum atomic E-state index is 10.2. The van der Waals surface area contributed by atoms with Crippen LogP contribution in [0, 0.1) is 0 Å². The van der Waals surface area contributed by atoms with Crippen LogP contribution in [-0.4, -0.2) is 64.8 Å². The summed E-state index contributed by atoms with van der Waals surface area (Å²) in [6.07, 6.45) is 3.29. The minimum absolute atomic E-state index is 0.103. The van der Waals surface area contributed by atoms with Crippen LogP contribution in [0.2, 0.25) is 0 Å². The Morgan fingerprint density at radius 2 is 2.17 bits per heavy atom. The first-order valence-electron chi connectivity index (χ1n) is 7.97. The zero-order valence-corrected chi connectivity index (χ0v) is 13.1. The van der Waals surface area contributed by atoms with Gasteiger partial charge in [-0.25, -0.2) is 0 Å². The molecule has 2 atom stereocenters. The highest BCUT2D eigenvalue weighted by Crippen LogP contribution is 2.11. The Labute approximate surface area is 136 Å². The Morgan fingerprint density at radius 1 is 1.30 bits per heavy atom. The molecule has 1 aromatic heterocycles. The molecule has 2 aromatic rings. The molecule has 3 rings (SSSR count). The summed E-state index contributed by atoms with van der Waals surface area (Å²) in [7, 11) is 0. The second-order valence-electron chi connectivity index (χ2n) is 5.76. The lowest BCUT2D eigenvalue weighted by molar-refractivity contribution is -0.0517. The SMILES string of the molecule is OC(COc1ccccc1)CN1CCOC(Cn2cccn2)C1. The monoisotopic (exact) mass is 317 g/mol. The van der Waals surface area contributed by atoms with Crippen LogP contribution >= 0.6 is 0 Å². The predicted molar refractivity (Wildman–Crippen MR) is 86.4 cm³/mol. The predicted octanol–water partition coefficient (Wildman–Crippen LogP) is 1.02. The number of benzene rings is 1. The summed E-state index contributed by atoms with van der Waals surface area (Å²) in [4.78, 5) is 2.22. The van der Waals surface area contributed by atoms with E-state index in [2.05, 4.69) is 10.00 Å². The number of aliphatic hydroxyl groups is 1. The van der Waals surface area contributed by atoms with Crippen molar-refractivity contribution < 1.29 is 14.6 Å². The third kappa shape index (κ3) is 5.06. The zero-order valence-electron chi connectivity index (χ0n) is 13.1. The van der Waals surface area contributed by atoms with Crippen molar-refractivity contribution in [3.8, 4) is 5.75 Å². The number of rotatable bonds is 7. The van der Waals surface area contributed by atoms with E-state index in [4.69, 9.17) is 9.47 Å². The largest absolute Gasteiger partial charge is 0.491 e. The smallest absolute Gasteiger partial charge is 0.119 e. The summed E-state index contributed by atoms with van der Waals surface area (Å²) in [5.74, 6) is 0.782. The van der Waals surface area contributed by atoms with Gasteiger partial charge in [0.2, 0.25) is 0 Å². The first-order chi connectivity index (χ1) is 11.3. The van der Waals surface area contributed by atoms with Crippen LogP contribution in [0.4, 0.5) is 0 Å². The topological polar surface area (TPSA) is 59.8 Å². The third-order valence-electron chi connectivity index (χ3n) is 3.83. The average molecular weight is 317 g/mol. The van der Waals surface area contributed by atoms with Crippen molar-refractivity contribution in [2.24, 2.45) is 0 Å². The maximum absolute atomic E-state index is 10.2. The molecule has 0 amide bonds. The number of para-hydroxylation sites is 1. The molecule has 6 heteroatoms. The molecule has 23 heavy (non-hydrogen) atoms. The number of β-amino-alcohol motifs (C(OH)–C–C–N with tert-alkyl or cyclic N) is 1. The Balaban J connectivity index is 1.41. The number of hydrogen-bond donors (Lipinski definition) is 1. The molecule has 1 aromatic carbocycles. The molecule has 1 fully saturated rings. The van der Waals surface area contributed by atoms with E-state index in [0.717, 1.165) is 25.4 Å². The molecule has 124 valence electrons. The van der Waals surface area contributed by atoms with E-state index in [1.165, 1.54) is 0 Å². The summed E-state index contributed by atoms with van der Waals surface area (Å²) in [6, 6.07) is 11.5. The highest BCUT2D eigenvalue weighted by atomic mass is 16.5. The molecule has 1 N–H and O–H groups in total. The van der Waals surface area contributed by atoms with E-state index in [0.29, 0.717) is 19.8 Å². The number of aliphatic hydroxyl groups excluding tert-OH is 1. The van der Waals surface area contributed by atoms with Gasteiger partial charge in [0.25, 0.3) is 0 Å². The summed E-state index contributed by atoms with van der Waals surface area (Å²) in [6.45, 7) is 3.93. The van der Waals surface area contributed by atoms with Crippen molar-refractivity contribution in [3.63, 3.8) is 0 Å². The van der Waals surface area contributed by atoms with Gasteiger partial charge in [0.05, 0.1) is 19.3 Å². The lowest BCUT2D eigenvalue weighted by Crippen LogP contribution is -2.47. The maximum Gasteiger partial charge on any atom is 0.119 e. The molecular weight excluding hydrogens is 294 g/mol. The number of morpholine rings is 1. The first-order valence-corrected chi connectivity index (χ1v) is 7.97. The molecule has 1 aliphatic heterocycles. The van der Waals surface area contributed by atoms with Gasteiger partial charge in [-0.3, -0.25) is 9.58 Å². The lowest BCUT2D eigenvalue weighted by Gasteiger charge is -2.33. The van der Waals surface area contributed by atoms with Gasteiger partial charge in [0.1, 0.15) is 18.5 Å². The van der Waals surface area contributed by atoms with E-state index >= 15 is 0 Å². The van der Waals surface area contributed by atoms with E-state index in [9.17, 15) is 5.11 Å². The molecule has 2 unspecified atom stereocenters. The van der Waals surface area contributed by atoms with Crippen molar-refractivity contribution >= 4 is 0 Å². The quantitative estimate of drug-likeness (QED) is 0.826. The molecule has 0 spiro atoms. The average Bonchev–Trinajstić information content (AvgIpc) is 3.07. The molecule has 0 radical (unpaired) electrons. The summed E-state index contributed by atoms with van der Waals surface area (Å²) in [5.41, 5.74) is 0. The highest BCUT2D eigenvalue weighted by Gasteiger charge is 2.23. The van der Waals surface area contributed by atoms with Crippen molar-refractivity contribution in [1.82, 2.24) is 14.7 Å². The standard InChI is InChI=1S/C17H23N3O3/c21-15(14-23-16-5-2-1-3-6-16)11-19-9-10-22-17(12-19)13-20-8-4-7-18-20/h1-8,15,17,21H,9-14H2. The number of nitrogens with zero attached hydrogens (tertiary/aromatic N) is 3. The summed E-state index contributed by atoms with van der Waals surface area (Å²) >= 11 is 0. The Bertz CT molecular complexity index is 562. The van der Waals surface area contributed by atoms with Gasteiger partial charge in [-0.1, -0.05) is 18.2 Å². The van der Waals surface area contributed by atoms with E-state index in [1.807, 2.05) is 47.3 Å². The molecule has 0 saturated carbocycles. The van der Waals surface area contributed by atoms with Crippen molar-refractivity contribution in [2.75, 3.05) is 32.8 Å². The van der Waals surface area contributed by atoms with Crippen LogP contribution in [0.25, 0.3) is 0 Å². The van der Waals surface area contributed by atoms with Crippen LogP contribution < -0.4 is 4.74 Å². The van der Waals surface area contributed by atoms with E-state index in [1.54, 1.807) is 6.20 Å². The molecule has 1 saturated heterocycles. The van der Waals surface area contributed by atoms with Crippen molar-refractivity contribution in [3.05, 3.63) is 48.8 Å². The fraction of sp³-hybridized carbons (Fsp3) is 0.471. The zero-order chi connectivity index (χ0) is 15.9. The van der Waals surface area contributed by atoms with Crippen LogP contribution in [0.5, 0.6) is 5.75 Å². The minimum atomic E-state index is -0.515. The van der Waals surface area contributed by atoms with Gasteiger partial charge in [-0.2, -0.15) is 5.10 Å². The fourth-order valence-corrected chi connectivity index (χ4v) is 2.73. The Morgan fingerprint density at radius 3 is 2.96 bits per heavy atom. The fourth-order valence-electron chi connectivity index (χ4n) is 2.73. The van der Waals surface area contributed by atoms with E-state index in [-0.39, 0.29) is 6.10 Å². The Hall–Kier alpha value is -1.89. The van der Waals surface area contributed by atoms with Crippen LogP contribution in [0.1, 0.15) is 0 Å².